The summed E-state index contributed by atoms with van der Waals surface area (Å²) >= 11 is 0. The molecule has 0 saturated carbocycles. The Balaban J connectivity index is 2.30. The predicted octanol–water partition coefficient (Wildman–Crippen LogP) is 1.87. The summed E-state index contributed by atoms with van der Waals surface area (Å²) in [5.74, 6) is 1.02. The number of hydrogen-bond donors (Lipinski definition) is 2. The Morgan fingerprint density at radius 3 is 2.39 bits per heavy atom. The lowest BCUT2D eigenvalue weighted by molar-refractivity contribution is -0.419. The van der Waals surface area contributed by atoms with Crippen LogP contribution in [0, 0.1) is 13.8 Å². The number of rotatable bonds is 2. The number of anilines is 1. The van der Waals surface area contributed by atoms with Crippen LogP contribution in [0.1, 0.15) is 16.7 Å². The zero-order chi connectivity index (χ0) is 13.0. The van der Waals surface area contributed by atoms with Crippen LogP contribution in [-0.2, 0) is 0 Å². The van der Waals surface area contributed by atoms with Gasteiger partial charge in [-0.25, -0.2) is 5.32 Å². The van der Waals surface area contributed by atoms with Crippen molar-refractivity contribution in [2.75, 3.05) is 12.4 Å². The molecule has 0 spiro atoms. The number of aryl methyl sites for hydroxylation is 2. The Morgan fingerprint density at radius 2 is 1.72 bits per heavy atom. The summed E-state index contributed by atoms with van der Waals surface area (Å²) in [4.78, 5) is 3.22. The third-order valence-electron chi connectivity index (χ3n) is 2.97. The predicted molar refractivity (Wildman–Crippen MR) is 77.0 cm³/mol. The van der Waals surface area contributed by atoms with E-state index in [2.05, 4.69) is 54.5 Å². The summed E-state index contributed by atoms with van der Waals surface area (Å²) in [5, 5.41) is 3.46. The minimum absolute atomic E-state index is 1.02. The molecule has 2 rings (SSSR count). The molecule has 18 heavy (non-hydrogen) atoms. The molecular formula is C16H19N2+. The average molecular weight is 239 g/mol. The average Bonchev–Trinajstić information content (AvgIpc) is 2.41. The van der Waals surface area contributed by atoms with Gasteiger partial charge in [0.15, 0.2) is 0 Å². The molecule has 0 unspecified atom stereocenters. The molecule has 0 atom stereocenters. The van der Waals surface area contributed by atoms with Crippen molar-refractivity contribution in [2.24, 2.45) is 0 Å². The van der Waals surface area contributed by atoms with Crippen LogP contribution < -0.4 is 10.3 Å². The summed E-state index contributed by atoms with van der Waals surface area (Å²) in [6, 6.07) is 16.7. The molecule has 0 aliphatic rings. The van der Waals surface area contributed by atoms with Crippen molar-refractivity contribution in [2.45, 2.75) is 13.8 Å². The van der Waals surface area contributed by atoms with Gasteiger partial charge < -0.3 is 0 Å². The van der Waals surface area contributed by atoms with Crippen LogP contribution in [0.2, 0.25) is 0 Å². The number of benzene rings is 2. The molecule has 0 fully saturated rings. The van der Waals surface area contributed by atoms with Gasteiger partial charge in [-0.1, -0.05) is 30.3 Å². The molecule has 2 N–H and O–H groups in total. The topological polar surface area (TPSA) is 26.0 Å². The standard InChI is InChI=1S/C16H18N2/c1-12-9-10-13(2)15(11-12)18-16(17-3)14-7-5-4-6-8-14/h4-11H,1-3H3,(H,17,18)/p+1. The number of nitrogens with one attached hydrogen (secondary N) is 2. The molecule has 0 heterocycles. The highest BCUT2D eigenvalue weighted by Crippen LogP contribution is 2.16. The van der Waals surface area contributed by atoms with Crippen LogP contribution in [0.15, 0.2) is 48.5 Å². The van der Waals surface area contributed by atoms with Crippen LogP contribution in [0.5, 0.6) is 0 Å². The second-order valence-electron chi connectivity index (χ2n) is 4.43. The van der Waals surface area contributed by atoms with Gasteiger partial charge in [0.05, 0.1) is 12.6 Å². The highest BCUT2D eigenvalue weighted by molar-refractivity contribution is 6.04. The molecule has 2 heteroatoms. The summed E-state index contributed by atoms with van der Waals surface area (Å²) < 4.78 is 0. The van der Waals surface area contributed by atoms with Crippen molar-refractivity contribution < 1.29 is 4.99 Å². The van der Waals surface area contributed by atoms with E-state index in [1.54, 1.807) is 0 Å². The van der Waals surface area contributed by atoms with Gasteiger partial charge in [0.25, 0.3) is 5.84 Å². The molecule has 0 amide bonds. The van der Waals surface area contributed by atoms with Crippen molar-refractivity contribution in [3.05, 3.63) is 65.2 Å². The maximum atomic E-state index is 3.46. The van der Waals surface area contributed by atoms with Gasteiger partial charge in [0, 0.05) is 0 Å². The highest BCUT2D eigenvalue weighted by atomic mass is 15.0. The third kappa shape index (κ3) is 2.77. The molecule has 92 valence electrons. The van der Waals surface area contributed by atoms with Gasteiger partial charge in [0.1, 0.15) is 5.69 Å². The lowest BCUT2D eigenvalue weighted by Gasteiger charge is -2.06. The van der Waals surface area contributed by atoms with E-state index in [1.165, 1.54) is 11.1 Å². The van der Waals surface area contributed by atoms with Crippen LogP contribution in [0.25, 0.3) is 0 Å². The smallest absolute Gasteiger partial charge is 0.277 e. The van der Waals surface area contributed by atoms with Crippen molar-refractivity contribution in [3.8, 4) is 0 Å². The molecule has 0 aliphatic carbocycles. The van der Waals surface area contributed by atoms with Crippen LogP contribution in [0.4, 0.5) is 5.69 Å². The molecular weight excluding hydrogens is 220 g/mol. The maximum Gasteiger partial charge on any atom is 0.279 e. The Labute approximate surface area is 108 Å². The third-order valence-corrected chi connectivity index (χ3v) is 2.97. The fraction of sp³-hybridized carbons (Fsp3) is 0.188. The number of amidine groups is 1. The first-order chi connectivity index (χ1) is 8.70. The van der Waals surface area contributed by atoms with E-state index in [4.69, 9.17) is 0 Å². The van der Waals surface area contributed by atoms with Crippen LogP contribution in [0.3, 0.4) is 0 Å². The van der Waals surface area contributed by atoms with Gasteiger partial charge in [-0.15, -0.1) is 0 Å². The lowest BCUT2D eigenvalue weighted by Crippen LogP contribution is -2.70. The van der Waals surface area contributed by atoms with Gasteiger partial charge >= 0.3 is 0 Å². The molecule has 2 aromatic rings. The van der Waals surface area contributed by atoms with Crippen LogP contribution in [-0.4, -0.2) is 12.9 Å². The Bertz CT molecular complexity index is 557. The lowest BCUT2D eigenvalue weighted by atomic mass is 10.1. The minimum atomic E-state index is 1.02. The quantitative estimate of drug-likeness (QED) is 0.607. The molecule has 0 radical (unpaired) electrons. The van der Waals surface area contributed by atoms with Crippen molar-refractivity contribution in [1.29, 1.82) is 0 Å². The largest absolute Gasteiger partial charge is 0.279 e. The first kappa shape index (κ1) is 12.4. The Hall–Kier alpha value is -2.09. The molecule has 2 aromatic carbocycles. The molecule has 0 bridgehead atoms. The van der Waals surface area contributed by atoms with E-state index >= 15 is 0 Å². The summed E-state index contributed by atoms with van der Waals surface area (Å²) in [6.07, 6.45) is 0. The fourth-order valence-electron chi connectivity index (χ4n) is 1.89. The van der Waals surface area contributed by atoms with Crippen LogP contribution >= 0.6 is 0 Å². The minimum Gasteiger partial charge on any atom is -0.277 e. The van der Waals surface area contributed by atoms with E-state index < -0.39 is 0 Å². The highest BCUT2D eigenvalue weighted by Gasteiger charge is 2.11. The van der Waals surface area contributed by atoms with Gasteiger partial charge in [-0.05, 0) is 43.2 Å². The zero-order valence-electron chi connectivity index (χ0n) is 11.1. The Kier molecular flexibility index (Phi) is 3.78. The SMILES string of the molecule is C[NH+]=C(Nc1cc(C)ccc1C)c1ccccc1. The normalized spacial score (nSPS) is 11.4. The van der Waals surface area contributed by atoms with Crippen molar-refractivity contribution in [3.63, 3.8) is 0 Å². The summed E-state index contributed by atoms with van der Waals surface area (Å²) in [5.41, 5.74) is 4.79. The molecule has 0 aliphatic heterocycles. The van der Waals surface area contributed by atoms with Crippen molar-refractivity contribution in [1.82, 2.24) is 0 Å². The molecule has 0 aromatic heterocycles. The molecule has 2 nitrogen and oxygen atoms in total. The van der Waals surface area contributed by atoms with E-state index in [9.17, 15) is 0 Å². The number of hydrogen-bond acceptors (Lipinski definition) is 0. The maximum absolute atomic E-state index is 3.46. The van der Waals surface area contributed by atoms with Gasteiger partial charge in [-0.2, -0.15) is 0 Å². The second-order valence-corrected chi connectivity index (χ2v) is 4.43. The van der Waals surface area contributed by atoms with E-state index in [-0.39, 0.29) is 0 Å². The van der Waals surface area contributed by atoms with Gasteiger partial charge in [-0.3, -0.25) is 4.99 Å². The summed E-state index contributed by atoms with van der Waals surface area (Å²) in [6.45, 7) is 4.21. The second kappa shape index (κ2) is 5.50. The first-order valence-electron chi connectivity index (χ1n) is 6.15. The molecule has 0 saturated heterocycles. The monoisotopic (exact) mass is 239 g/mol. The van der Waals surface area contributed by atoms with Crippen molar-refractivity contribution >= 4 is 11.5 Å². The first-order valence-corrected chi connectivity index (χ1v) is 6.15. The Morgan fingerprint density at radius 1 is 1.00 bits per heavy atom. The summed E-state index contributed by atoms with van der Waals surface area (Å²) in [7, 11) is 1.93. The van der Waals surface area contributed by atoms with E-state index in [1.807, 2.05) is 25.2 Å². The van der Waals surface area contributed by atoms with Gasteiger partial charge in [0.2, 0.25) is 0 Å². The fourth-order valence-corrected chi connectivity index (χ4v) is 1.89. The van der Waals surface area contributed by atoms with E-state index in [0.717, 1.165) is 17.1 Å². The van der Waals surface area contributed by atoms with E-state index in [0.29, 0.717) is 0 Å². The zero-order valence-corrected chi connectivity index (χ0v) is 11.1.